The molecule has 2 heteroatoms. The van der Waals surface area contributed by atoms with Crippen LogP contribution in [0.15, 0.2) is 60.6 Å². The second-order valence-corrected chi connectivity index (χ2v) is 6.31. The van der Waals surface area contributed by atoms with Gasteiger partial charge in [-0.2, -0.15) is 0 Å². The van der Waals surface area contributed by atoms with Crippen molar-refractivity contribution in [3.63, 3.8) is 0 Å². The summed E-state index contributed by atoms with van der Waals surface area (Å²) in [5.41, 5.74) is 7.92. The average Bonchev–Trinajstić information content (AvgIpc) is 2.55. The van der Waals surface area contributed by atoms with E-state index in [1.165, 1.54) is 16.7 Å². The monoisotopic (exact) mass is 318 g/mol. The summed E-state index contributed by atoms with van der Waals surface area (Å²) in [5.74, 6) is 0.904. The van der Waals surface area contributed by atoms with Crippen molar-refractivity contribution in [3.05, 3.63) is 77.9 Å². The molecule has 2 aromatic rings. The first-order chi connectivity index (χ1) is 11.4. The minimum absolute atomic E-state index is 0.661. The summed E-state index contributed by atoms with van der Waals surface area (Å²) < 4.78 is 0. The summed E-state index contributed by atoms with van der Waals surface area (Å²) in [5, 5.41) is 3.40. The maximum atomic E-state index is 4.64. The molecule has 0 heterocycles. The van der Waals surface area contributed by atoms with E-state index in [1.807, 2.05) is 20.8 Å². The molecule has 1 N–H and O–H groups in total. The third-order valence-electron chi connectivity index (χ3n) is 3.99. The van der Waals surface area contributed by atoms with Crippen LogP contribution < -0.4 is 5.32 Å². The molecule has 24 heavy (non-hydrogen) atoms. The quantitative estimate of drug-likeness (QED) is 0.523. The van der Waals surface area contributed by atoms with Crippen molar-refractivity contribution >= 4 is 22.7 Å². The number of anilines is 1. The van der Waals surface area contributed by atoms with Gasteiger partial charge in [-0.05, 0) is 56.0 Å². The molecule has 2 rings (SSSR count). The molecule has 0 spiro atoms. The topological polar surface area (TPSA) is 24.4 Å². The zero-order chi connectivity index (χ0) is 17.7. The largest absolute Gasteiger partial charge is 0.344 e. The molecule has 0 unspecified atom stereocenters. The van der Waals surface area contributed by atoms with Gasteiger partial charge >= 0.3 is 0 Å². The number of nitrogens with zero attached hydrogens (tertiary/aromatic N) is 1. The highest BCUT2D eigenvalue weighted by Crippen LogP contribution is 2.21. The summed E-state index contributed by atoms with van der Waals surface area (Å²) in [6, 6.07) is 14.7. The van der Waals surface area contributed by atoms with Crippen molar-refractivity contribution in [3.8, 4) is 0 Å². The number of amidine groups is 1. The van der Waals surface area contributed by atoms with Crippen LogP contribution >= 0.6 is 0 Å². The van der Waals surface area contributed by atoms with Gasteiger partial charge < -0.3 is 5.32 Å². The Morgan fingerprint density at radius 3 is 2.08 bits per heavy atom. The minimum Gasteiger partial charge on any atom is -0.344 e. The highest BCUT2D eigenvalue weighted by atomic mass is 15.0. The van der Waals surface area contributed by atoms with Crippen LogP contribution in [-0.4, -0.2) is 5.84 Å². The Hall–Kier alpha value is -2.61. The van der Waals surface area contributed by atoms with Crippen LogP contribution in [0.1, 0.15) is 43.0 Å². The Morgan fingerprint density at radius 2 is 1.50 bits per heavy atom. The summed E-state index contributed by atoms with van der Waals surface area (Å²) in [7, 11) is 0. The molecule has 0 bridgehead atoms. The molecule has 0 saturated carbocycles. The Labute approximate surface area is 145 Å². The Morgan fingerprint density at radius 1 is 0.917 bits per heavy atom. The molecule has 0 saturated heterocycles. The SMILES string of the molecule is C=C(C)c1ccc(CN=C(C)Nc2cc(C(=C)C)ccc2C)cc1. The zero-order valence-electron chi connectivity index (χ0n) is 15.1. The third kappa shape index (κ3) is 4.69. The summed E-state index contributed by atoms with van der Waals surface area (Å²) >= 11 is 0. The molecular weight excluding hydrogens is 292 g/mol. The normalized spacial score (nSPS) is 11.2. The van der Waals surface area contributed by atoms with Crippen LogP contribution in [0.3, 0.4) is 0 Å². The van der Waals surface area contributed by atoms with E-state index in [0.29, 0.717) is 6.54 Å². The second kappa shape index (κ2) is 7.78. The van der Waals surface area contributed by atoms with E-state index in [9.17, 15) is 0 Å². The first kappa shape index (κ1) is 17.7. The molecule has 2 nitrogen and oxygen atoms in total. The molecule has 0 amide bonds. The highest BCUT2D eigenvalue weighted by Gasteiger charge is 2.02. The molecule has 0 aromatic heterocycles. The van der Waals surface area contributed by atoms with E-state index in [4.69, 9.17) is 0 Å². The number of benzene rings is 2. The van der Waals surface area contributed by atoms with Gasteiger partial charge in [0.05, 0.1) is 12.4 Å². The number of aliphatic imine (C=N–C) groups is 1. The molecule has 0 aliphatic heterocycles. The summed E-state index contributed by atoms with van der Waals surface area (Å²) in [4.78, 5) is 4.64. The van der Waals surface area contributed by atoms with E-state index in [-0.39, 0.29) is 0 Å². The fourth-order valence-corrected chi connectivity index (χ4v) is 2.36. The molecule has 0 aliphatic rings. The lowest BCUT2D eigenvalue weighted by Gasteiger charge is -2.11. The van der Waals surface area contributed by atoms with E-state index in [1.54, 1.807) is 0 Å². The van der Waals surface area contributed by atoms with Crippen molar-refractivity contribution in [1.82, 2.24) is 0 Å². The lowest BCUT2D eigenvalue weighted by Crippen LogP contribution is -2.09. The van der Waals surface area contributed by atoms with Crippen LogP contribution in [0, 0.1) is 6.92 Å². The zero-order valence-corrected chi connectivity index (χ0v) is 15.1. The van der Waals surface area contributed by atoms with Crippen molar-refractivity contribution in [2.24, 2.45) is 4.99 Å². The smallest absolute Gasteiger partial charge is 0.0979 e. The third-order valence-corrected chi connectivity index (χ3v) is 3.99. The van der Waals surface area contributed by atoms with Crippen LogP contribution in [0.2, 0.25) is 0 Å². The van der Waals surface area contributed by atoms with Crippen LogP contribution in [0.4, 0.5) is 5.69 Å². The second-order valence-electron chi connectivity index (χ2n) is 6.31. The fourth-order valence-electron chi connectivity index (χ4n) is 2.36. The Kier molecular flexibility index (Phi) is 5.75. The van der Waals surface area contributed by atoms with Gasteiger partial charge in [0.1, 0.15) is 0 Å². The molecule has 124 valence electrons. The number of hydrogen-bond donors (Lipinski definition) is 1. The number of aryl methyl sites for hydroxylation is 1. The standard InChI is InChI=1S/C22H26N2/c1-15(2)20-11-8-19(9-12-20)14-23-18(6)24-22-13-21(16(3)4)10-7-17(22)5/h7-13H,1,3,14H2,2,4-6H3,(H,23,24). The van der Waals surface area contributed by atoms with Gasteiger partial charge in [-0.15, -0.1) is 0 Å². The van der Waals surface area contributed by atoms with Crippen molar-refractivity contribution in [2.75, 3.05) is 5.32 Å². The number of nitrogens with one attached hydrogen (secondary N) is 1. The molecule has 0 radical (unpaired) electrons. The molecule has 2 aromatic carbocycles. The van der Waals surface area contributed by atoms with E-state index >= 15 is 0 Å². The van der Waals surface area contributed by atoms with Crippen LogP contribution in [0.25, 0.3) is 11.1 Å². The van der Waals surface area contributed by atoms with Gasteiger partial charge in [-0.3, -0.25) is 4.99 Å². The first-order valence-electron chi connectivity index (χ1n) is 8.16. The van der Waals surface area contributed by atoms with E-state index < -0.39 is 0 Å². The maximum Gasteiger partial charge on any atom is 0.0979 e. The maximum absolute atomic E-state index is 4.64. The van der Waals surface area contributed by atoms with Gasteiger partial charge in [0.2, 0.25) is 0 Å². The minimum atomic E-state index is 0.661. The van der Waals surface area contributed by atoms with Crippen molar-refractivity contribution in [2.45, 2.75) is 34.2 Å². The Bertz CT molecular complexity index is 780. The van der Waals surface area contributed by atoms with Gasteiger partial charge in [0.15, 0.2) is 0 Å². The Balaban J connectivity index is 2.07. The molecule has 0 fully saturated rings. The highest BCUT2D eigenvalue weighted by molar-refractivity contribution is 5.94. The van der Waals surface area contributed by atoms with Gasteiger partial charge in [-0.25, -0.2) is 0 Å². The molecular formula is C22H26N2. The molecule has 0 atom stereocenters. The van der Waals surface area contributed by atoms with Gasteiger partial charge in [0, 0.05) is 5.69 Å². The average molecular weight is 318 g/mol. The molecule has 0 aliphatic carbocycles. The fraction of sp³-hybridized carbons (Fsp3) is 0.227. The number of rotatable bonds is 5. The number of allylic oxidation sites excluding steroid dienone is 2. The summed E-state index contributed by atoms with van der Waals surface area (Å²) in [6.45, 7) is 16.7. The van der Waals surface area contributed by atoms with E-state index in [0.717, 1.165) is 28.2 Å². The number of hydrogen-bond acceptors (Lipinski definition) is 1. The van der Waals surface area contributed by atoms with Crippen molar-refractivity contribution < 1.29 is 0 Å². The van der Waals surface area contributed by atoms with Gasteiger partial charge in [-0.1, -0.05) is 60.7 Å². The lowest BCUT2D eigenvalue weighted by molar-refractivity contribution is 1.06. The van der Waals surface area contributed by atoms with Crippen LogP contribution in [0.5, 0.6) is 0 Å². The predicted octanol–water partition coefficient (Wildman–Crippen LogP) is 6.09. The first-order valence-corrected chi connectivity index (χ1v) is 8.16. The van der Waals surface area contributed by atoms with Crippen LogP contribution in [-0.2, 0) is 6.54 Å². The van der Waals surface area contributed by atoms with Gasteiger partial charge in [0.25, 0.3) is 0 Å². The summed E-state index contributed by atoms with van der Waals surface area (Å²) in [6.07, 6.45) is 0. The van der Waals surface area contributed by atoms with Crippen molar-refractivity contribution in [1.29, 1.82) is 0 Å². The predicted molar refractivity (Wildman–Crippen MR) is 107 cm³/mol. The van der Waals surface area contributed by atoms with E-state index in [2.05, 4.69) is 72.9 Å². The lowest BCUT2D eigenvalue weighted by atomic mass is 10.1.